The number of fused-ring (bicyclic) bond motifs is 1. The Labute approximate surface area is 141 Å². The fraction of sp³-hybridized carbons (Fsp3) is 0.176. The van der Waals surface area contributed by atoms with Crippen LogP contribution < -0.4 is 5.32 Å². The van der Waals surface area contributed by atoms with Crippen molar-refractivity contribution in [1.29, 1.82) is 0 Å². The Hall–Kier alpha value is -3.29. The predicted octanol–water partition coefficient (Wildman–Crippen LogP) is 2.77. The zero-order valence-electron chi connectivity index (χ0n) is 13.5. The van der Waals surface area contributed by atoms with E-state index in [2.05, 4.69) is 15.5 Å². The maximum Gasteiger partial charge on any atom is 0.340 e. The normalized spacial score (nSPS) is 10.7. The van der Waals surface area contributed by atoms with Crippen molar-refractivity contribution in [3.05, 3.63) is 53.2 Å². The number of nitrogens with one attached hydrogen (secondary N) is 1. The molecule has 25 heavy (non-hydrogen) atoms. The molecule has 1 amide bonds. The highest BCUT2D eigenvalue weighted by Gasteiger charge is 2.16. The van der Waals surface area contributed by atoms with Gasteiger partial charge in [-0.25, -0.2) is 9.18 Å². The third-order valence-electron chi connectivity index (χ3n) is 3.42. The second kappa shape index (κ2) is 6.68. The van der Waals surface area contributed by atoms with Crippen molar-refractivity contribution >= 4 is 28.6 Å². The summed E-state index contributed by atoms with van der Waals surface area (Å²) in [5.74, 6) is -0.863. The van der Waals surface area contributed by atoms with Crippen molar-refractivity contribution in [3.8, 4) is 0 Å². The molecule has 0 saturated heterocycles. The van der Waals surface area contributed by atoms with Crippen LogP contribution in [-0.2, 0) is 9.53 Å². The lowest BCUT2D eigenvalue weighted by Gasteiger charge is -2.08. The van der Waals surface area contributed by atoms with E-state index in [-0.39, 0.29) is 11.4 Å². The predicted molar refractivity (Wildman–Crippen MR) is 86.6 cm³/mol. The zero-order valence-corrected chi connectivity index (χ0v) is 13.5. The Morgan fingerprint density at radius 3 is 2.76 bits per heavy atom. The van der Waals surface area contributed by atoms with Crippen molar-refractivity contribution in [2.45, 2.75) is 13.8 Å². The maximum atomic E-state index is 13.2. The molecule has 1 N–H and O–H groups in total. The third kappa shape index (κ3) is 3.79. The number of anilines is 1. The molecule has 8 heteroatoms. The van der Waals surface area contributed by atoms with Crippen molar-refractivity contribution in [3.63, 3.8) is 0 Å². The van der Waals surface area contributed by atoms with Crippen LogP contribution in [0.1, 0.15) is 21.8 Å². The van der Waals surface area contributed by atoms with Crippen LogP contribution in [-0.4, -0.2) is 28.6 Å². The lowest BCUT2D eigenvalue weighted by molar-refractivity contribution is -0.119. The summed E-state index contributed by atoms with van der Waals surface area (Å²) in [6.07, 6.45) is 0. The van der Waals surface area contributed by atoms with Gasteiger partial charge in [0.15, 0.2) is 12.4 Å². The lowest BCUT2D eigenvalue weighted by atomic mass is 10.1. The highest BCUT2D eigenvalue weighted by atomic mass is 19.1. The van der Waals surface area contributed by atoms with Gasteiger partial charge in [-0.2, -0.15) is 0 Å². The molecule has 0 bridgehead atoms. The average molecular weight is 343 g/mol. The molecule has 3 aromatic rings. The van der Waals surface area contributed by atoms with Gasteiger partial charge in [-0.15, -0.1) is 0 Å². The third-order valence-corrected chi connectivity index (χ3v) is 3.42. The van der Waals surface area contributed by atoms with E-state index in [0.29, 0.717) is 22.4 Å². The summed E-state index contributed by atoms with van der Waals surface area (Å²) < 4.78 is 23.0. The number of amides is 1. The number of carbonyl (C=O) groups is 2. The van der Waals surface area contributed by atoms with Gasteiger partial charge in [-0.3, -0.25) is 9.78 Å². The van der Waals surface area contributed by atoms with Gasteiger partial charge >= 0.3 is 5.97 Å². The van der Waals surface area contributed by atoms with Gasteiger partial charge in [0.1, 0.15) is 11.6 Å². The topological polar surface area (TPSA) is 94.3 Å². The summed E-state index contributed by atoms with van der Waals surface area (Å²) in [6.45, 7) is 2.81. The minimum absolute atomic E-state index is 0.212. The number of hydrogen-bond acceptors (Lipinski definition) is 6. The van der Waals surface area contributed by atoms with Crippen LogP contribution in [0, 0.1) is 19.7 Å². The fourth-order valence-corrected chi connectivity index (χ4v) is 2.26. The second-order valence-electron chi connectivity index (χ2n) is 5.41. The summed E-state index contributed by atoms with van der Waals surface area (Å²) in [6, 6.07) is 7.18. The minimum atomic E-state index is -0.692. The number of rotatable bonds is 4. The largest absolute Gasteiger partial charge is 0.452 e. The summed E-state index contributed by atoms with van der Waals surface area (Å²) in [4.78, 5) is 28.1. The number of hydrogen-bond donors (Lipinski definition) is 1. The number of nitrogens with zero attached hydrogens (tertiary/aromatic N) is 2. The van der Waals surface area contributed by atoms with Crippen molar-refractivity contribution in [2.24, 2.45) is 0 Å². The van der Waals surface area contributed by atoms with E-state index in [0.717, 1.165) is 0 Å². The zero-order chi connectivity index (χ0) is 18.0. The number of esters is 1. The van der Waals surface area contributed by atoms with Crippen molar-refractivity contribution in [1.82, 2.24) is 10.1 Å². The first-order valence-electron chi connectivity index (χ1n) is 7.39. The molecule has 0 saturated carbocycles. The monoisotopic (exact) mass is 343 g/mol. The van der Waals surface area contributed by atoms with E-state index in [1.165, 1.54) is 24.3 Å². The molecule has 7 nitrogen and oxygen atoms in total. The first-order valence-corrected chi connectivity index (χ1v) is 7.39. The molecular weight excluding hydrogens is 329 g/mol. The molecule has 0 fully saturated rings. The summed E-state index contributed by atoms with van der Waals surface area (Å²) in [5.41, 5.74) is 1.04. The van der Waals surface area contributed by atoms with Crippen LogP contribution in [0.2, 0.25) is 0 Å². The van der Waals surface area contributed by atoms with Gasteiger partial charge in [0.05, 0.1) is 16.8 Å². The number of benzene rings is 1. The van der Waals surface area contributed by atoms with E-state index in [1.807, 2.05) is 0 Å². The molecule has 0 aliphatic rings. The lowest BCUT2D eigenvalue weighted by Crippen LogP contribution is -2.21. The van der Waals surface area contributed by atoms with E-state index >= 15 is 0 Å². The summed E-state index contributed by atoms with van der Waals surface area (Å²) in [7, 11) is 0. The van der Waals surface area contributed by atoms with E-state index in [4.69, 9.17) is 9.26 Å². The number of halogens is 1. The SMILES string of the molecule is Cc1cc(NC(=O)COC(=O)c2cc3ccc(F)cc3nc2C)no1. The summed E-state index contributed by atoms with van der Waals surface area (Å²) in [5, 5.41) is 6.65. The van der Waals surface area contributed by atoms with Crippen LogP contribution in [0.5, 0.6) is 0 Å². The van der Waals surface area contributed by atoms with Crippen molar-refractivity contribution < 1.29 is 23.2 Å². The number of carbonyl (C=O) groups excluding carboxylic acids is 2. The van der Waals surface area contributed by atoms with Gasteiger partial charge in [0.25, 0.3) is 5.91 Å². The highest BCUT2D eigenvalue weighted by molar-refractivity contribution is 5.97. The standard InChI is InChI=1S/C17H14FN3O4/c1-9-5-15(21-25-9)20-16(22)8-24-17(23)13-6-11-3-4-12(18)7-14(11)19-10(13)2/h3-7H,8H2,1-2H3,(H,20,21,22). The first kappa shape index (κ1) is 16.6. The molecule has 2 aromatic heterocycles. The number of ether oxygens (including phenoxy) is 1. The van der Waals surface area contributed by atoms with Crippen LogP contribution in [0.3, 0.4) is 0 Å². The Bertz CT molecular complexity index is 968. The van der Waals surface area contributed by atoms with E-state index < -0.39 is 24.3 Å². The average Bonchev–Trinajstić information content (AvgIpc) is 2.96. The molecule has 0 radical (unpaired) electrons. The summed E-state index contributed by atoms with van der Waals surface area (Å²) >= 11 is 0. The maximum absolute atomic E-state index is 13.2. The molecule has 0 atom stereocenters. The second-order valence-corrected chi connectivity index (χ2v) is 5.41. The van der Waals surface area contributed by atoms with Gasteiger partial charge in [-0.05, 0) is 32.0 Å². The van der Waals surface area contributed by atoms with Gasteiger partial charge in [0, 0.05) is 17.5 Å². The quantitative estimate of drug-likeness (QED) is 0.732. The first-order chi connectivity index (χ1) is 11.9. The number of aryl methyl sites for hydroxylation is 2. The van der Waals surface area contributed by atoms with Crippen LogP contribution in [0.15, 0.2) is 34.9 Å². The van der Waals surface area contributed by atoms with Gasteiger partial charge < -0.3 is 14.6 Å². The molecule has 0 aliphatic heterocycles. The molecule has 0 aliphatic carbocycles. The number of aromatic nitrogens is 2. The molecule has 1 aromatic carbocycles. The minimum Gasteiger partial charge on any atom is -0.452 e. The Morgan fingerprint density at radius 1 is 1.24 bits per heavy atom. The van der Waals surface area contributed by atoms with Gasteiger partial charge in [-0.1, -0.05) is 5.16 Å². The molecule has 2 heterocycles. The van der Waals surface area contributed by atoms with Crippen LogP contribution in [0.4, 0.5) is 10.2 Å². The Morgan fingerprint density at radius 2 is 2.04 bits per heavy atom. The van der Waals surface area contributed by atoms with Crippen molar-refractivity contribution in [2.75, 3.05) is 11.9 Å². The van der Waals surface area contributed by atoms with Crippen LogP contribution in [0.25, 0.3) is 10.9 Å². The Kier molecular flexibility index (Phi) is 4.42. The molecule has 0 unspecified atom stereocenters. The smallest absolute Gasteiger partial charge is 0.340 e. The molecule has 3 rings (SSSR count). The van der Waals surface area contributed by atoms with E-state index in [9.17, 15) is 14.0 Å². The highest BCUT2D eigenvalue weighted by Crippen LogP contribution is 2.18. The molecule has 128 valence electrons. The number of pyridine rings is 1. The fourth-order valence-electron chi connectivity index (χ4n) is 2.26. The van der Waals surface area contributed by atoms with Gasteiger partial charge in [0.2, 0.25) is 0 Å². The molecule has 0 spiro atoms. The van der Waals surface area contributed by atoms with Crippen LogP contribution >= 0.6 is 0 Å². The molecular formula is C17H14FN3O4. The Balaban J connectivity index is 1.68. The van der Waals surface area contributed by atoms with E-state index in [1.54, 1.807) is 19.9 Å².